The number of hydrogen-bond acceptors (Lipinski definition) is 4. The molecule has 2 unspecified atom stereocenters. The third-order valence-corrected chi connectivity index (χ3v) is 3.30. The molecule has 1 aromatic rings. The smallest absolute Gasteiger partial charge is 0.250 e. The predicted octanol–water partition coefficient (Wildman–Crippen LogP) is 0.306. The molecule has 0 radical (unpaired) electrons. The predicted molar refractivity (Wildman–Crippen MR) is 71.6 cm³/mol. The Hall–Kier alpha value is -1.50. The van der Waals surface area contributed by atoms with E-state index in [2.05, 4.69) is 5.32 Å². The summed E-state index contributed by atoms with van der Waals surface area (Å²) in [5, 5.41) is 12.5. The van der Waals surface area contributed by atoms with Crippen molar-refractivity contribution in [2.75, 3.05) is 33.3 Å². The van der Waals surface area contributed by atoms with Gasteiger partial charge in [0, 0.05) is 25.2 Å². The van der Waals surface area contributed by atoms with Gasteiger partial charge in [0.1, 0.15) is 11.9 Å². The number of carbonyl (C=O) groups is 1. The number of benzene rings is 1. The molecule has 1 aliphatic rings. The van der Waals surface area contributed by atoms with Crippen LogP contribution in [0.15, 0.2) is 24.3 Å². The summed E-state index contributed by atoms with van der Waals surface area (Å²) in [7, 11) is 1.91. The lowest BCUT2D eigenvalue weighted by atomic mass is 10.1. The average molecular weight is 282 g/mol. The third kappa shape index (κ3) is 3.75. The van der Waals surface area contributed by atoms with Crippen molar-refractivity contribution >= 4 is 5.91 Å². The molecule has 0 aromatic heterocycles. The van der Waals surface area contributed by atoms with Crippen LogP contribution in [0.4, 0.5) is 4.39 Å². The fourth-order valence-corrected chi connectivity index (χ4v) is 2.10. The van der Waals surface area contributed by atoms with Gasteiger partial charge in [0.15, 0.2) is 0 Å². The van der Waals surface area contributed by atoms with Crippen molar-refractivity contribution in [3.8, 4) is 0 Å². The number of aliphatic hydroxyl groups excluding tert-OH is 1. The second-order valence-electron chi connectivity index (χ2n) is 4.90. The Morgan fingerprint density at radius 3 is 3.05 bits per heavy atom. The molecule has 0 saturated carbocycles. The zero-order valence-electron chi connectivity index (χ0n) is 11.4. The Morgan fingerprint density at radius 2 is 2.35 bits per heavy atom. The van der Waals surface area contributed by atoms with Gasteiger partial charge in [-0.15, -0.1) is 0 Å². The first-order valence-electron chi connectivity index (χ1n) is 6.58. The van der Waals surface area contributed by atoms with Gasteiger partial charge in [-0.1, -0.05) is 18.2 Å². The maximum absolute atomic E-state index is 13.5. The van der Waals surface area contributed by atoms with E-state index in [0.717, 1.165) is 6.54 Å². The number of rotatable bonds is 4. The second kappa shape index (κ2) is 6.78. The first-order chi connectivity index (χ1) is 9.58. The Morgan fingerprint density at radius 1 is 1.60 bits per heavy atom. The molecule has 20 heavy (non-hydrogen) atoms. The summed E-state index contributed by atoms with van der Waals surface area (Å²) in [6, 6.07) is 5.97. The number of hydrogen-bond donors (Lipinski definition) is 2. The van der Waals surface area contributed by atoms with Crippen LogP contribution >= 0.6 is 0 Å². The van der Waals surface area contributed by atoms with Gasteiger partial charge in [-0.3, -0.25) is 4.79 Å². The van der Waals surface area contributed by atoms with E-state index in [0.29, 0.717) is 13.2 Å². The Kier molecular flexibility index (Phi) is 5.05. The largest absolute Gasteiger partial charge is 0.386 e. The van der Waals surface area contributed by atoms with Crippen LogP contribution in [0, 0.1) is 5.82 Å². The molecule has 6 heteroatoms. The summed E-state index contributed by atoms with van der Waals surface area (Å²) >= 11 is 0. The van der Waals surface area contributed by atoms with Crippen LogP contribution in [-0.2, 0) is 9.53 Å². The number of nitrogens with one attached hydrogen (secondary N) is 1. The number of carbonyl (C=O) groups excluding carboxylic acids is 1. The quantitative estimate of drug-likeness (QED) is 0.834. The molecule has 1 aromatic carbocycles. The lowest BCUT2D eigenvalue weighted by molar-refractivity contribution is -0.138. The highest BCUT2D eigenvalue weighted by Crippen LogP contribution is 2.15. The van der Waals surface area contributed by atoms with Gasteiger partial charge in [0.05, 0.1) is 12.7 Å². The summed E-state index contributed by atoms with van der Waals surface area (Å²) < 4.78 is 18.8. The van der Waals surface area contributed by atoms with E-state index in [4.69, 9.17) is 4.74 Å². The minimum Gasteiger partial charge on any atom is -0.386 e. The standard InChI is InChI=1S/C14H19FN2O3/c1-17-6-7-20-13(9-17)14(19)16-8-12(18)10-4-2-3-5-11(10)15/h2-5,12-13,18H,6-9H2,1H3,(H,16,19). The van der Waals surface area contributed by atoms with E-state index in [-0.39, 0.29) is 18.0 Å². The van der Waals surface area contributed by atoms with Crippen LogP contribution in [0.2, 0.25) is 0 Å². The average Bonchev–Trinajstić information content (AvgIpc) is 2.45. The van der Waals surface area contributed by atoms with Crippen molar-refractivity contribution in [1.29, 1.82) is 0 Å². The SMILES string of the molecule is CN1CCOC(C(=O)NCC(O)c2ccccc2F)C1. The summed E-state index contributed by atoms with van der Waals surface area (Å²) in [5.74, 6) is -0.769. The van der Waals surface area contributed by atoms with Gasteiger partial charge in [0.2, 0.25) is 0 Å². The van der Waals surface area contributed by atoms with Crippen molar-refractivity contribution in [3.63, 3.8) is 0 Å². The zero-order valence-corrected chi connectivity index (χ0v) is 11.4. The molecule has 110 valence electrons. The molecule has 2 N–H and O–H groups in total. The Balaban J connectivity index is 1.85. The van der Waals surface area contributed by atoms with Gasteiger partial charge in [-0.25, -0.2) is 4.39 Å². The Bertz CT molecular complexity index is 469. The first-order valence-corrected chi connectivity index (χ1v) is 6.58. The lowest BCUT2D eigenvalue weighted by Crippen LogP contribution is -2.49. The van der Waals surface area contributed by atoms with Crippen molar-refractivity contribution < 1.29 is 19.0 Å². The Labute approximate surface area is 117 Å². The second-order valence-corrected chi connectivity index (χ2v) is 4.90. The van der Waals surface area contributed by atoms with E-state index in [1.807, 2.05) is 11.9 Å². The molecule has 1 aliphatic heterocycles. The number of aliphatic hydroxyl groups is 1. The van der Waals surface area contributed by atoms with Crippen LogP contribution in [0.5, 0.6) is 0 Å². The van der Waals surface area contributed by atoms with Gasteiger partial charge in [-0.2, -0.15) is 0 Å². The molecule has 0 spiro atoms. The van der Waals surface area contributed by atoms with Gasteiger partial charge in [0.25, 0.3) is 5.91 Å². The molecular weight excluding hydrogens is 263 g/mol. The highest BCUT2D eigenvalue weighted by Gasteiger charge is 2.25. The number of halogens is 1. The highest BCUT2D eigenvalue weighted by molar-refractivity contribution is 5.81. The fraction of sp³-hybridized carbons (Fsp3) is 0.500. The number of amides is 1. The van der Waals surface area contributed by atoms with Gasteiger partial charge < -0.3 is 20.1 Å². The normalized spacial score (nSPS) is 21.4. The molecule has 2 rings (SSSR count). The van der Waals surface area contributed by atoms with E-state index in [1.165, 1.54) is 12.1 Å². The number of nitrogens with zero attached hydrogens (tertiary/aromatic N) is 1. The molecule has 5 nitrogen and oxygen atoms in total. The summed E-state index contributed by atoms with van der Waals surface area (Å²) in [6.45, 7) is 1.77. The van der Waals surface area contributed by atoms with Crippen molar-refractivity contribution in [2.45, 2.75) is 12.2 Å². The molecule has 1 saturated heterocycles. The van der Waals surface area contributed by atoms with Crippen LogP contribution in [0.3, 0.4) is 0 Å². The molecule has 2 atom stereocenters. The van der Waals surface area contributed by atoms with Crippen molar-refractivity contribution in [3.05, 3.63) is 35.6 Å². The monoisotopic (exact) mass is 282 g/mol. The summed E-state index contributed by atoms with van der Waals surface area (Å²) in [4.78, 5) is 13.9. The molecule has 0 bridgehead atoms. The molecule has 1 heterocycles. The van der Waals surface area contributed by atoms with E-state index in [1.54, 1.807) is 12.1 Å². The van der Waals surface area contributed by atoms with Crippen LogP contribution in [0.1, 0.15) is 11.7 Å². The topological polar surface area (TPSA) is 61.8 Å². The van der Waals surface area contributed by atoms with Gasteiger partial charge >= 0.3 is 0 Å². The van der Waals surface area contributed by atoms with E-state index < -0.39 is 18.0 Å². The van der Waals surface area contributed by atoms with Crippen molar-refractivity contribution in [2.24, 2.45) is 0 Å². The van der Waals surface area contributed by atoms with Gasteiger partial charge in [-0.05, 0) is 13.1 Å². The molecule has 0 aliphatic carbocycles. The minimum absolute atomic E-state index is 0.0384. The molecular formula is C14H19FN2O3. The number of likely N-dealkylation sites (N-methyl/N-ethyl adjacent to an activating group) is 1. The number of ether oxygens (including phenoxy) is 1. The maximum atomic E-state index is 13.5. The van der Waals surface area contributed by atoms with Crippen LogP contribution in [-0.4, -0.2) is 55.3 Å². The minimum atomic E-state index is -1.07. The lowest BCUT2D eigenvalue weighted by Gasteiger charge is -2.29. The van der Waals surface area contributed by atoms with E-state index in [9.17, 15) is 14.3 Å². The maximum Gasteiger partial charge on any atom is 0.250 e. The molecule has 1 amide bonds. The fourth-order valence-electron chi connectivity index (χ4n) is 2.10. The summed E-state index contributed by atoms with van der Waals surface area (Å²) in [6.07, 6.45) is -1.61. The molecule has 1 fully saturated rings. The summed E-state index contributed by atoms with van der Waals surface area (Å²) in [5.41, 5.74) is 0.175. The third-order valence-electron chi connectivity index (χ3n) is 3.30. The van der Waals surface area contributed by atoms with Crippen LogP contribution < -0.4 is 5.32 Å². The van der Waals surface area contributed by atoms with E-state index >= 15 is 0 Å². The van der Waals surface area contributed by atoms with Crippen LogP contribution in [0.25, 0.3) is 0 Å². The zero-order chi connectivity index (χ0) is 14.5. The number of morpholine rings is 1. The highest BCUT2D eigenvalue weighted by atomic mass is 19.1. The van der Waals surface area contributed by atoms with Crippen molar-refractivity contribution in [1.82, 2.24) is 10.2 Å². The first kappa shape index (κ1) is 14.9.